The Kier molecular flexibility index (Phi) is 4.66. The lowest BCUT2D eigenvalue weighted by molar-refractivity contribution is 0.0262. The van der Waals surface area contributed by atoms with Gasteiger partial charge in [-0.15, -0.1) is 0 Å². The molecule has 1 saturated carbocycles. The predicted molar refractivity (Wildman–Crippen MR) is 87.3 cm³/mol. The van der Waals surface area contributed by atoms with Crippen LogP contribution in [0.15, 0.2) is 30.3 Å². The zero-order valence-corrected chi connectivity index (χ0v) is 13.3. The predicted octanol–water partition coefficient (Wildman–Crippen LogP) is 3.89. The standard InChI is InChI=1S/C19H29NO/c1-15-7-9-16(10-8-15)18(20)19(11-13-21-14-12-19)17-5-3-2-4-6-17/h2-6,15-16,18H,7-14,20H2,1H3. The van der Waals surface area contributed by atoms with E-state index in [1.54, 1.807) is 0 Å². The highest BCUT2D eigenvalue weighted by atomic mass is 16.5. The molecule has 1 unspecified atom stereocenters. The van der Waals surface area contributed by atoms with Gasteiger partial charge >= 0.3 is 0 Å². The van der Waals surface area contributed by atoms with E-state index in [1.807, 2.05) is 0 Å². The molecule has 1 aliphatic carbocycles. The van der Waals surface area contributed by atoms with Crippen molar-refractivity contribution < 1.29 is 4.74 Å². The van der Waals surface area contributed by atoms with Crippen molar-refractivity contribution >= 4 is 0 Å². The Hall–Kier alpha value is -0.860. The van der Waals surface area contributed by atoms with Gasteiger partial charge in [0.25, 0.3) is 0 Å². The summed E-state index contributed by atoms with van der Waals surface area (Å²) >= 11 is 0. The highest BCUT2D eigenvalue weighted by molar-refractivity contribution is 5.29. The van der Waals surface area contributed by atoms with E-state index >= 15 is 0 Å². The van der Waals surface area contributed by atoms with Gasteiger partial charge in [-0.3, -0.25) is 0 Å². The van der Waals surface area contributed by atoms with Gasteiger partial charge in [-0.2, -0.15) is 0 Å². The Morgan fingerprint density at radius 1 is 1.05 bits per heavy atom. The van der Waals surface area contributed by atoms with Gasteiger partial charge in [0.15, 0.2) is 0 Å². The molecule has 0 radical (unpaired) electrons. The molecule has 1 aliphatic heterocycles. The Balaban J connectivity index is 1.85. The second-order valence-corrected chi connectivity index (χ2v) is 7.18. The van der Waals surface area contributed by atoms with Crippen LogP contribution in [0.5, 0.6) is 0 Å². The fourth-order valence-corrected chi connectivity index (χ4v) is 4.42. The summed E-state index contributed by atoms with van der Waals surface area (Å²) in [5, 5.41) is 0. The molecular formula is C19H29NO. The van der Waals surface area contributed by atoms with Crippen LogP contribution in [0, 0.1) is 11.8 Å². The van der Waals surface area contributed by atoms with Gasteiger partial charge in [0.2, 0.25) is 0 Å². The normalized spacial score (nSPS) is 30.8. The zero-order chi connectivity index (χ0) is 14.7. The third-order valence-electron chi connectivity index (χ3n) is 5.94. The molecule has 21 heavy (non-hydrogen) atoms. The molecule has 0 amide bonds. The summed E-state index contributed by atoms with van der Waals surface area (Å²) in [5.41, 5.74) is 8.44. The molecular weight excluding hydrogens is 258 g/mol. The zero-order valence-electron chi connectivity index (χ0n) is 13.3. The van der Waals surface area contributed by atoms with Crippen LogP contribution < -0.4 is 5.73 Å². The number of ether oxygens (including phenoxy) is 1. The summed E-state index contributed by atoms with van der Waals surface area (Å²) in [6.07, 6.45) is 7.45. The van der Waals surface area contributed by atoms with E-state index in [1.165, 1.54) is 31.2 Å². The van der Waals surface area contributed by atoms with Crippen LogP contribution in [-0.4, -0.2) is 19.3 Å². The van der Waals surface area contributed by atoms with E-state index in [2.05, 4.69) is 37.3 Å². The van der Waals surface area contributed by atoms with Gasteiger partial charge in [-0.05, 0) is 43.1 Å². The van der Waals surface area contributed by atoms with Gasteiger partial charge in [0.05, 0.1) is 0 Å². The third-order valence-corrected chi connectivity index (χ3v) is 5.94. The minimum atomic E-state index is 0.130. The molecule has 116 valence electrons. The fraction of sp³-hybridized carbons (Fsp3) is 0.684. The number of rotatable bonds is 3. The van der Waals surface area contributed by atoms with E-state index in [4.69, 9.17) is 10.5 Å². The summed E-state index contributed by atoms with van der Waals surface area (Å²) in [4.78, 5) is 0. The molecule has 2 nitrogen and oxygen atoms in total. The second kappa shape index (κ2) is 6.50. The van der Waals surface area contributed by atoms with Crippen molar-refractivity contribution in [2.75, 3.05) is 13.2 Å². The largest absolute Gasteiger partial charge is 0.381 e. The summed E-state index contributed by atoms with van der Waals surface area (Å²) in [5.74, 6) is 1.57. The molecule has 0 bridgehead atoms. The monoisotopic (exact) mass is 287 g/mol. The highest BCUT2D eigenvalue weighted by Gasteiger charge is 2.43. The Bertz CT molecular complexity index is 430. The third kappa shape index (κ3) is 3.02. The lowest BCUT2D eigenvalue weighted by atomic mass is 9.62. The van der Waals surface area contributed by atoms with Gasteiger partial charge in [0, 0.05) is 24.7 Å². The molecule has 1 aromatic rings. The highest BCUT2D eigenvalue weighted by Crippen LogP contribution is 2.43. The molecule has 0 spiro atoms. The van der Waals surface area contributed by atoms with E-state index in [-0.39, 0.29) is 11.5 Å². The maximum atomic E-state index is 6.88. The topological polar surface area (TPSA) is 35.2 Å². The molecule has 1 saturated heterocycles. The van der Waals surface area contributed by atoms with Crippen molar-refractivity contribution in [3.8, 4) is 0 Å². The van der Waals surface area contributed by atoms with Crippen LogP contribution in [0.1, 0.15) is 51.0 Å². The van der Waals surface area contributed by atoms with Crippen molar-refractivity contribution in [1.29, 1.82) is 0 Å². The van der Waals surface area contributed by atoms with Crippen molar-refractivity contribution in [3.63, 3.8) is 0 Å². The molecule has 2 N–H and O–H groups in total. The van der Waals surface area contributed by atoms with Crippen LogP contribution in [-0.2, 0) is 10.2 Å². The maximum Gasteiger partial charge on any atom is 0.0475 e. The molecule has 2 aliphatic rings. The Labute approximate surface area is 129 Å². The van der Waals surface area contributed by atoms with Gasteiger partial charge < -0.3 is 10.5 Å². The first-order valence-corrected chi connectivity index (χ1v) is 8.61. The summed E-state index contributed by atoms with van der Waals surface area (Å²) in [6, 6.07) is 11.2. The van der Waals surface area contributed by atoms with E-state index in [0.29, 0.717) is 5.92 Å². The average Bonchev–Trinajstić information content (AvgIpc) is 2.56. The second-order valence-electron chi connectivity index (χ2n) is 7.18. The lowest BCUT2D eigenvalue weighted by Gasteiger charge is -2.47. The SMILES string of the molecule is CC1CCC(C(N)C2(c3ccccc3)CCOCC2)CC1. The van der Waals surface area contributed by atoms with Gasteiger partial charge in [0.1, 0.15) is 0 Å². The first-order valence-electron chi connectivity index (χ1n) is 8.61. The number of nitrogens with two attached hydrogens (primary N) is 1. The van der Waals surface area contributed by atoms with E-state index in [0.717, 1.165) is 32.0 Å². The first-order chi connectivity index (χ1) is 10.2. The van der Waals surface area contributed by atoms with Gasteiger partial charge in [-0.25, -0.2) is 0 Å². The number of hydrogen-bond acceptors (Lipinski definition) is 2. The molecule has 0 aromatic heterocycles. The first kappa shape index (κ1) is 15.1. The van der Waals surface area contributed by atoms with Gasteiger partial charge in [-0.1, -0.05) is 50.1 Å². The number of benzene rings is 1. The minimum Gasteiger partial charge on any atom is -0.381 e. The summed E-state index contributed by atoms with van der Waals surface area (Å²) < 4.78 is 5.65. The minimum absolute atomic E-state index is 0.130. The van der Waals surface area contributed by atoms with Crippen molar-refractivity contribution in [2.45, 2.75) is 56.9 Å². The summed E-state index contributed by atoms with van der Waals surface area (Å²) in [7, 11) is 0. The number of hydrogen-bond donors (Lipinski definition) is 1. The molecule has 3 rings (SSSR count). The smallest absolute Gasteiger partial charge is 0.0475 e. The Morgan fingerprint density at radius 2 is 1.67 bits per heavy atom. The Morgan fingerprint density at radius 3 is 2.29 bits per heavy atom. The summed E-state index contributed by atoms with van der Waals surface area (Å²) in [6.45, 7) is 4.08. The molecule has 1 heterocycles. The van der Waals surface area contributed by atoms with E-state index < -0.39 is 0 Å². The van der Waals surface area contributed by atoms with Crippen LogP contribution >= 0.6 is 0 Å². The molecule has 1 atom stereocenters. The van der Waals surface area contributed by atoms with Crippen LogP contribution in [0.2, 0.25) is 0 Å². The van der Waals surface area contributed by atoms with Crippen molar-refractivity contribution in [2.24, 2.45) is 17.6 Å². The van der Waals surface area contributed by atoms with Crippen molar-refractivity contribution in [1.82, 2.24) is 0 Å². The van der Waals surface area contributed by atoms with Crippen LogP contribution in [0.3, 0.4) is 0 Å². The van der Waals surface area contributed by atoms with Crippen LogP contribution in [0.4, 0.5) is 0 Å². The molecule has 2 heteroatoms. The maximum absolute atomic E-state index is 6.88. The van der Waals surface area contributed by atoms with Crippen molar-refractivity contribution in [3.05, 3.63) is 35.9 Å². The fourth-order valence-electron chi connectivity index (χ4n) is 4.42. The quantitative estimate of drug-likeness (QED) is 0.915. The van der Waals surface area contributed by atoms with E-state index in [9.17, 15) is 0 Å². The molecule has 2 fully saturated rings. The van der Waals surface area contributed by atoms with Crippen LogP contribution in [0.25, 0.3) is 0 Å². The average molecular weight is 287 g/mol. The lowest BCUT2D eigenvalue weighted by Crippen LogP contribution is -2.53. The molecule has 1 aromatic carbocycles.